The molecule has 0 bridgehead atoms. The van der Waals surface area contributed by atoms with Gasteiger partial charge in [-0.05, 0) is 43.5 Å². The van der Waals surface area contributed by atoms with Crippen molar-refractivity contribution < 1.29 is 0 Å². The summed E-state index contributed by atoms with van der Waals surface area (Å²) in [4.78, 5) is 4.34. The molecule has 1 heterocycles. The number of pyridine rings is 1. The molecule has 0 amide bonds. The van der Waals surface area contributed by atoms with Crippen LogP contribution >= 0.6 is 31.9 Å². The zero-order valence-corrected chi connectivity index (χ0v) is 11.6. The van der Waals surface area contributed by atoms with E-state index in [0.29, 0.717) is 0 Å². The van der Waals surface area contributed by atoms with Gasteiger partial charge in [0.15, 0.2) is 0 Å². The van der Waals surface area contributed by atoms with Crippen molar-refractivity contribution in [1.82, 2.24) is 4.98 Å². The van der Waals surface area contributed by atoms with Gasteiger partial charge in [-0.1, -0.05) is 30.3 Å². The van der Waals surface area contributed by atoms with E-state index in [1.54, 1.807) is 6.20 Å². The number of hydrogen-bond acceptors (Lipinski definition) is 2. The van der Waals surface area contributed by atoms with Crippen molar-refractivity contribution in [1.29, 1.82) is 0 Å². The van der Waals surface area contributed by atoms with Crippen LogP contribution in [0.4, 0.5) is 0 Å². The summed E-state index contributed by atoms with van der Waals surface area (Å²) in [6.45, 7) is 0. The third kappa shape index (κ3) is 2.51. The minimum absolute atomic E-state index is 0.205. The fourth-order valence-corrected chi connectivity index (χ4v) is 2.71. The van der Waals surface area contributed by atoms with E-state index in [0.717, 1.165) is 20.2 Å². The van der Waals surface area contributed by atoms with Gasteiger partial charge in [-0.25, -0.2) is 0 Å². The fraction of sp³-hybridized carbons (Fsp3) is 0.0833. The average Bonchev–Trinajstić information content (AvgIpc) is 2.29. The molecule has 2 N–H and O–H groups in total. The van der Waals surface area contributed by atoms with Crippen LogP contribution in [0, 0.1) is 0 Å². The van der Waals surface area contributed by atoms with Crippen LogP contribution in [0.5, 0.6) is 0 Å². The number of rotatable bonds is 2. The van der Waals surface area contributed by atoms with E-state index >= 15 is 0 Å². The molecule has 0 fully saturated rings. The molecular weight excluding hydrogens is 332 g/mol. The highest BCUT2D eigenvalue weighted by Gasteiger charge is 2.13. The molecule has 0 radical (unpaired) electrons. The van der Waals surface area contributed by atoms with Crippen LogP contribution in [0.15, 0.2) is 51.5 Å². The average molecular weight is 342 g/mol. The predicted molar refractivity (Wildman–Crippen MR) is 72.1 cm³/mol. The number of nitrogens with zero attached hydrogens (tertiary/aromatic N) is 1. The molecule has 0 spiro atoms. The maximum absolute atomic E-state index is 6.16. The lowest BCUT2D eigenvalue weighted by Gasteiger charge is -2.13. The minimum atomic E-state index is -0.205. The van der Waals surface area contributed by atoms with Crippen LogP contribution in [0.3, 0.4) is 0 Å². The normalized spacial score (nSPS) is 12.4. The first kappa shape index (κ1) is 11.8. The molecule has 1 aromatic carbocycles. The van der Waals surface area contributed by atoms with Crippen LogP contribution in [-0.2, 0) is 0 Å². The Morgan fingerprint density at radius 2 is 1.81 bits per heavy atom. The van der Waals surface area contributed by atoms with Crippen molar-refractivity contribution in [3.05, 3.63) is 62.8 Å². The van der Waals surface area contributed by atoms with Crippen molar-refractivity contribution in [2.75, 3.05) is 0 Å². The standard InChI is InChI=1S/C12H10Br2N2/c13-9-6-10(14)12(16-7-9)11(15)8-4-2-1-3-5-8/h1-7,11H,15H2. The summed E-state index contributed by atoms with van der Waals surface area (Å²) in [5.74, 6) is 0. The summed E-state index contributed by atoms with van der Waals surface area (Å²) in [6.07, 6.45) is 1.75. The summed E-state index contributed by atoms with van der Waals surface area (Å²) in [7, 11) is 0. The Hall–Kier alpha value is -0.710. The Morgan fingerprint density at radius 1 is 1.12 bits per heavy atom. The van der Waals surface area contributed by atoms with Crippen LogP contribution in [0.2, 0.25) is 0 Å². The second-order valence-electron chi connectivity index (χ2n) is 3.41. The molecule has 0 saturated heterocycles. The quantitative estimate of drug-likeness (QED) is 0.905. The number of benzene rings is 1. The first-order valence-corrected chi connectivity index (χ1v) is 6.38. The predicted octanol–water partition coefficient (Wildman–Crippen LogP) is 3.65. The maximum atomic E-state index is 6.16. The van der Waals surface area contributed by atoms with Gasteiger partial charge >= 0.3 is 0 Å². The molecule has 2 rings (SSSR count). The van der Waals surface area contributed by atoms with Crippen molar-refractivity contribution in [2.24, 2.45) is 5.73 Å². The molecule has 0 saturated carbocycles. The van der Waals surface area contributed by atoms with Crippen molar-refractivity contribution in [3.63, 3.8) is 0 Å². The molecule has 1 atom stereocenters. The Balaban J connectivity index is 2.38. The van der Waals surface area contributed by atoms with Gasteiger partial charge < -0.3 is 5.73 Å². The van der Waals surface area contributed by atoms with E-state index in [2.05, 4.69) is 36.8 Å². The van der Waals surface area contributed by atoms with E-state index < -0.39 is 0 Å². The molecule has 1 aromatic heterocycles. The van der Waals surface area contributed by atoms with E-state index in [4.69, 9.17) is 5.73 Å². The zero-order valence-electron chi connectivity index (χ0n) is 8.40. The summed E-state index contributed by atoms with van der Waals surface area (Å²) >= 11 is 6.84. The molecule has 0 aliphatic carbocycles. The lowest BCUT2D eigenvalue weighted by atomic mass is 10.0. The Bertz CT molecular complexity index is 486. The molecule has 0 aliphatic rings. The molecule has 4 heteroatoms. The van der Waals surface area contributed by atoms with Crippen molar-refractivity contribution >= 4 is 31.9 Å². The summed E-state index contributed by atoms with van der Waals surface area (Å²) in [5.41, 5.74) is 8.06. The van der Waals surface area contributed by atoms with Crippen LogP contribution in [0.25, 0.3) is 0 Å². The van der Waals surface area contributed by atoms with Gasteiger partial charge in [-0.2, -0.15) is 0 Å². The topological polar surface area (TPSA) is 38.9 Å². The monoisotopic (exact) mass is 340 g/mol. The molecular formula is C12H10Br2N2. The minimum Gasteiger partial charge on any atom is -0.319 e. The van der Waals surface area contributed by atoms with E-state index in [9.17, 15) is 0 Å². The maximum Gasteiger partial charge on any atom is 0.0758 e. The Labute approximate surface area is 111 Å². The highest BCUT2D eigenvalue weighted by atomic mass is 79.9. The zero-order chi connectivity index (χ0) is 11.5. The smallest absolute Gasteiger partial charge is 0.0758 e. The van der Waals surface area contributed by atoms with Gasteiger partial charge in [0.1, 0.15) is 0 Å². The van der Waals surface area contributed by atoms with Crippen LogP contribution in [-0.4, -0.2) is 4.98 Å². The van der Waals surface area contributed by atoms with Crippen LogP contribution < -0.4 is 5.73 Å². The van der Waals surface area contributed by atoms with Crippen LogP contribution in [0.1, 0.15) is 17.3 Å². The molecule has 16 heavy (non-hydrogen) atoms. The van der Waals surface area contributed by atoms with Gasteiger partial charge in [-0.3, -0.25) is 4.98 Å². The second-order valence-corrected chi connectivity index (χ2v) is 5.18. The van der Waals surface area contributed by atoms with Gasteiger partial charge in [-0.15, -0.1) is 0 Å². The highest BCUT2D eigenvalue weighted by Crippen LogP contribution is 2.26. The number of hydrogen-bond donors (Lipinski definition) is 1. The molecule has 1 unspecified atom stereocenters. The molecule has 0 aliphatic heterocycles. The Kier molecular flexibility index (Phi) is 3.74. The van der Waals surface area contributed by atoms with Gasteiger partial charge in [0.05, 0.1) is 11.7 Å². The summed E-state index contributed by atoms with van der Waals surface area (Å²) in [6, 6.07) is 11.7. The summed E-state index contributed by atoms with van der Waals surface area (Å²) in [5, 5.41) is 0. The van der Waals surface area contributed by atoms with Crippen molar-refractivity contribution in [3.8, 4) is 0 Å². The lowest BCUT2D eigenvalue weighted by Crippen LogP contribution is -2.14. The lowest BCUT2D eigenvalue weighted by molar-refractivity contribution is 0.821. The van der Waals surface area contributed by atoms with Gasteiger partial charge in [0.2, 0.25) is 0 Å². The third-order valence-electron chi connectivity index (χ3n) is 2.29. The van der Waals surface area contributed by atoms with Gasteiger partial charge in [0, 0.05) is 15.1 Å². The Morgan fingerprint density at radius 3 is 2.44 bits per heavy atom. The largest absolute Gasteiger partial charge is 0.319 e. The fourth-order valence-electron chi connectivity index (χ4n) is 1.47. The first-order valence-electron chi connectivity index (χ1n) is 4.80. The SMILES string of the molecule is NC(c1ccccc1)c1ncc(Br)cc1Br. The molecule has 2 nitrogen and oxygen atoms in total. The highest BCUT2D eigenvalue weighted by molar-refractivity contribution is 9.11. The number of halogens is 2. The van der Waals surface area contributed by atoms with E-state index in [1.807, 2.05) is 36.4 Å². The van der Waals surface area contributed by atoms with Gasteiger partial charge in [0.25, 0.3) is 0 Å². The first-order chi connectivity index (χ1) is 7.68. The molecule has 82 valence electrons. The van der Waals surface area contributed by atoms with E-state index in [1.165, 1.54) is 0 Å². The van der Waals surface area contributed by atoms with E-state index in [-0.39, 0.29) is 6.04 Å². The van der Waals surface area contributed by atoms with Crippen molar-refractivity contribution in [2.45, 2.75) is 6.04 Å². The molecule has 2 aromatic rings. The number of aromatic nitrogens is 1. The summed E-state index contributed by atoms with van der Waals surface area (Å²) < 4.78 is 1.85. The third-order valence-corrected chi connectivity index (χ3v) is 3.36. The number of nitrogens with two attached hydrogens (primary N) is 1. The second kappa shape index (κ2) is 5.08.